The molecule has 0 atom stereocenters. The van der Waals surface area contributed by atoms with Gasteiger partial charge in [0.25, 0.3) is 5.91 Å². The number of rotatable bonds is 10. The van der Waals surface area contributed by atoms with Crippen molar-refractivity contribution in [2.45, 2.75) is 26.2 Å². The molecule has 0 aliphatic carbocycles. The average molecular weight is 326 g/mol. The number of unbranched alkanes of at least 4 members (excludes halogenated alkanes) is 1. The smallest absolute Gasteiger partial charge is 0.267 e. The fourth-order valence-electron chi connectivity index (χ4n) is 1.83. The maximum absolute atomic E-state index is 12.1. The number of nitrogens with zero attached hydrogens (tertiary/aromatic N) is 2. The quantitative estimate of drug-likeness (QED) is 0.391. The van der Waals surface area contributed by atoms with Gasteiger partial charge in [-0.1, -0.05) is 25.5 Å². The molecular weight excluding hydrogens is 304 g/mol. The van der Waals surface area contributed by atoms with Crippen LogP contribution >= 0.6 is 0 Å². The Bertz CT molecular complexity index is 641. The third kappa shape index (κ3) is 6.95. The van der Waals surface area contributed by atoms with E-state index in [0.717, 1.165) is 25.9 Å². The van der Waals surface area contributed by atoms with E-state index in [1.165, 1.54) is 6.20 Å². The van der Waals surface area contributed by atoms with Crippen molar-refractivity contribution in [2.24, 2.45) is 0 Å². The Balaban J connectivity index is 2.43. The molecule has 0 aromatic heterocycles. The summed E-state index contributed by atoms with van der Waals surface area (Å²) in [6.45, 7) is 4.12. The van der Waals surface area contributed by atoms with Crippen molar-refractivity contribution in [1.82, 2.24) is 5.32 Å². The van der Waals surface area contributed by atoms with E-state index in [9.17, 15) is 4.79 Å². The van der Waals surface area contributed by atoms with Crippen LogP contribution in [0, 0.1) is 22.7 Å². The summed E-state index contributed by atoms with van der Waals surface area (Å²) < 4.78 is 5.42. The predicted octanol–water partition coefficient (Wildman–Crippen LogP) is 2.70. The van der Waals surface area contributed by atoms with E-state index in [1.54, 1.807) is 24.3 Å². The molecule has 0 spiro atoms. The Morgan fingerprint density at radius 3 is 2.71 bits per heavy atom. The van der Waals surface area contributed by atoms with Gasteiger partial charge in [-0.05, 0) is 25.0 Å². The molecule has 0 unspecified atom stereocenters. The molecular formula is C18H22N4O2. The minimum absolute atomic E-state index is 0.0466. The number of carbonyl (C=O) groups excluding carboxylic acids is 1. The highest BCUT2D eigenvalue weighted by molar-refractivity contribution is 6.07. The van der Waals surface area contributed by atoms with E-state index in [4.69, 9.17) is 15.3 Å². The third-order valence-electron chi connectivity index (χ3n) is 3.16. The second-order valence-corrected chi connectivity index (χ2v) is 5.05. The number of carbonyl (C=O) groups is 1. The average Bonchev–Trinajstić information content (AvgIpc) is 2.61. The van der Waals surface area contributed by atoms with Gasteiger partial charge in [0.2, 0.25) is 0 Å². The Hall–Kier alpha value is -2.83. The van der Waals surface area contributed by atoms with Gasteiger partial charge in [0.15, 0.2) is 0 Å². The van der Waals surface area contributed by atoms with Crippen LogP contribution in [0.4, 0.5) is 5.69 Å². The number of para-hydroxylation sites is 1. The van der Waals surface area contributed by atoms with Crippen molar-refractivity contribution in [3.63, 3.8) is 0 Å². The van der Waals surface area contributed by atoms with Crippen LogP contribution in [0.1, 0.15) is 31.7 Å². The number of ether oxygens (including phenoxy) is 1. The Labute approximate surface area is 142 Å². The van der Waals surface area contributed by atoms with Crippen LogP contribution in [0.5, 0.6) is 0 Å². The summed E-state index contributed by atoms with van der Waals surface area (Å²) in [7, 11) is 0. The van der Waals surface area contributed by atoms with Crippen LogP contribution in [-0.2, 0) is 9.53 Å². The standard InChI is InChI=1S/C18H22N4O2/c1-2-3-10-24-11-6-9-21-14-16(13-20)18(23)22-17-8-5-4-7-15(17)12-19/h4-5,7-8,14,21H,2-3,6,9-11H2,1H3,(H,22,23)/b16-14-. The second-order valence-electron chi connectivity index (χ2n) is 5.05. The number of nitrogens with one attached hydrogen (secondary N) is 2. The first-order chi connectivity index (χ1) is 11.7. The highest BCUT2D eigenvalue weighted by atomic mass is 16.5. The molecule has 0 saturated carbocycles. The summed E-state index contributed by atoms with van der Waals surface area (Å²) in [5.74, 6) is -0.549. The van der Waals surface area contributed by atoms with Crippen molar-refractivity contribution in [2.75, 3.05) is 25.1 Å². The molecule has 24 heavy (non-hydrogen) atoms. The van der Waals surface area contributed by atoms with Crippen LogP contribution < -0.4 is 10.6 Å². The zero-order chi connectivity index (χ0) is 17.6. The van der Waals surface area contributed by atoms with Crippen molar-refractivity contribution < 1.29 is 9.53 Å². The zero-order valence-electron chi connectivity index (χ0n) is 13.8. The molecule has 0 bridgehead atoms. The van der Waals surface area contributed by atoms with E-state index < -0.39 is 5.91 Å². The van der Waals surface area contributed by atoms with E-state index >= 15 is 0 Å². The first-order valence-corrected chi connectivity index (χ1v) is 7.94. The monoisotopic (exact) mass is 326 g/mol. The molecule has 0 radical (unpaired) electrons. The number of anilines is 1. The van der Waals surface area contributed by atoms with Crippen molar-refractivity contribution in [3.8, 4) is 12.1 Å². The Morgan fingerprint density at radius 1 is 1.25 bits per heavy atom. The topological polar surface area (TPSA) is 97.9 Å². The van der Waals surface area contributed by atoms with Gasteiger partial charge in [-0.25, -0.2) is 0 Å². The molecule has 0 aliphatic heterocycles. The maximum atomic E-state index is 12.1. The lowest BCUT2D eigenvalue weighted by molar-refractivity contribution is -0.112. The molecule has 0 fully saturated rings. The zero-order valence-corrected chi connectivity index (χ0v) is 13.8. The van der Waals surface area contributed by atoms with Crippen LogP contribution in [0.3, 0.4) is 0 Å². The summed E-state index contributed by atoms with van der Waals surface area (Å²) in [5, 5.41) is 23.6. The molecule has 0 aliphatic rings. The van der Waals surface area contributed by atoms with Gasteiger partial charge in [0.05, 0.1) is 11.3 Å². The minimum atomic E-state index is -0.549. The maximum Gasteiger partial charge on any atom is 0.267 e. The van der Waals surface area contributed by atoms with Gasteiger partial charge in [-0.15, -0.1) is 0 Å². The molecule has 1 rings (SSSR count). The molecule has 0 saturated heterocycles. The molecule has 6 nitrogen and oxygen atoms in total. The predicted molar refractivity (Wildman–Crippen MR) is 91.8 cm³/mol. The summed E-state index contributed by atoms with van der Waals surface area (Å²) in [6.07, 6.45) is 4.33. The highest BCUT2D eigenvalue weighted by Gasteiger charge is 2.11. The van der Waals surface area contributed by atoms with Crippen LogP contribution in [-0.4, -0.2) is 25.7 Å². The minimum Gasteiger partial charge on any atom is -0.390 e. The molecule has 0 heterocycles. The third-order valence-corrected chi connectivity index (χ3v) is 3.16. The number of amides is 1. The lowest BCUT2D eigenvalue weighted by atomic mass is 10.2. The van der Waals surface area contributed by atoms with Crippen LogP contribution in [0.2, 0.25) is 0 Å². The number of hydrogen-bond acceptors (Lipinski definition) is 5. The normalized spacial score (nSPS) is 10.5. The molecule has 1 amide bonds. The molecule has 6 heteroatoms. The fraction of sp³-hybridized carbons (Fsp3) is 0.389. The second kappa shape index (κ2) is 11.7. The summed E-state index contributed by atoms with van der Waals surface area (Å²) in [5.41, 5.74) is 0.686. The van der Waals surface area contributed by atoms with Crippen molar-refractivity contribution in [1.29, 1.82) is 10.5 Å². The lowest BCUT2D eigenvalue weighted by Crippen LogP contribution is -2.18. The van der Waals surface area contributed by atoms with E-state index in [2.05, 4.69) is 17.6 Å². The number of nitriles is 2. The molecule has 1 aromatic carbocycles. The van der Waals surface area contributed by atoms with Gasteiger partial charge in [-0.2, -0.15) is 10.5 Å². The Kier molecular flexibility index (Phi) is 9.37. The van der Waals surface area contributed by atoms with Gasteiger partial charge in [0, 0.05) is 26.0 Å². The summed E-state index contributed by atoms with van der Waals surface area (Å²) in [6, 6.07) is 10.5. The SMILES string of the molecule is CCCCOCCCN/C=C(/C#N)C(=O)Nc1ccccc1C#N. The van der Waals surface area contributed by atoms with Gasteiger partial charge >= 0.3 is 0 Å². The summed E-state index contributed by atoms with van der Waals surface area (Å²) in [4.78, 5) is 12.1. The van der Waals surface area contributed by atoms with E-state index in [0.29, 0.717) is 24.4 Å². The van der Waals surface area contributed by atoms with Gasteiger partial charge in [-0.3, -0.25) is 4.79 Å². The van der Waals surface area contributed by atoms with Crippen LogP contribution in [0.25, 0.3) is 0 Å². The van der Waals surface area contributed by atoms with Crippen LogP contribution in [0.15, 0.2) is 36.0 Å². The molecule has 2 N–H and O–H groups in total. The number of benzene rings is 1. The van der Waals surface area contributed by atoms with Crippen molar-refractivity contribution in [3.05, 3.63) is 41.6 Å². The molecule has 1 aromatic rings. The van der Waals surface area contributed by atoms with E-state index in [1.807, 2.05) is 12.1 Å². The lowest BCUT2D eigenvalue weighted by Gasteiger charge is -2.07. The van der Waals surface area contributed by atoms with E-state index in [-0.39, 0.29) is 5.57 Å². The molecule has 126 valence electrons. The van der Waals surface area contributed by atoms with Gasteiger partial charge in [0.1, 0.15) is 17.7 Å². The van der Waals surface area contributed by atoms with Crippen molar-refractivity contribution >= 4 is 11.6 Å². The first kappa shape index (κ1) is 19.2. The Morgan fingerprint density at radius 2 is 2.00 bits per heavy atom. The summed E-state index contributed by atoms with van der Waals surface area (Å²) >= 11 is 0. The number of hydrogen-bond donors (Lipinski definition) is 2. The van der Waals surface area contributed by atoms with Gasteiger partial charge < -0.3 is 15.4 Å². The first-order valence-electron chi connectivity index (χ1n) is 7.94. The highest BCUT2D eigenvalue weighted by Crippen LogP contribution is 2.14. The fourth-order valence-corrected chi connectivity index (χ4v) is 1.83. The largest absolute Gasteiger partial charge is 0.390 e.